The number of aryl methyl sites for hydroxylation is 1. The Balaban J connectivity index is 1.80. The van der Waals surface area contributed by atoms with E-state index in [2.05, 4.69) is 22.7 Å². The summed E-state index contributed by atoms with van der Waals surface area (Å²) in [6, 6.07) is 11.4. The van der Waals surface area contributed by atoms with E-state index in [4.69, 9.17) is 14.5 Å². The number of phenolic OH excluding ortho intramolecular Hbond substituents is 1. The van der Waals surface area contributed by atoms with Gasteiger partial charge < -0.3 is 19.9 Å². The number of ether oxygens (including phenoxy) is 2. The minimum Gasteiger partial charge on any atom is -0.504 e. The standard InChI is InChI=1S/C20H23N3O3/c1-13-5-3-7-18-22-19(14-8-9-16(24)17(11-14)25-2)20(23(13)18)21-12-15-6-4-10-26-15/h3,5,7-9,11,15,21,24H,4,6,10,12H2,1-2H3/t15-/m1/s1. The molecule has 1 fully saturated rings. The summed E-state index contributed by atoms with van der Waals surface area (Å²) in [5.74, 6) is 1.48. The highest BCUT2D eigenvalue weighted by Gasteiger charge is 2.20. The van der Waals surface area contributed by atoms with Crippen LogP contribution in [0.1, 0.15) is 18.5 Å². The highest BCUT2D eigenvalue weighted by Crippen LogP contribution is 2.35. The molecule has 0 aliphatic carbocycles. The Morgan fingerprint density at radius 1 is 1.35 bits per heavy atom. The summed E-state index contributed by atoms with van der Waals surface area (Å²) in [6.45, 7) is 3.64. The number of fused-ring (bicyclic) bond motifs is 1. The number of phenols is 1. The number of nitrogens with one attached hydrogen (secondary N) is 1. The van der Waals surface area contributed by atoms with Gasteiger partial charge in [0.15, 0.2) is 11.5 Å². The molecule has 0 spiro atoms. The van der Waals surface area contributed by atoms with Crippen molar-refractivity contribution in [2.24, 2.45) is 0 Å². The van der Waals surface area contributed by atoms with Crippen molar-refractivity contribution in [3.8, 4) is 22.8 Å². The van der Waals surface area contributed by atoms with Crippen molar-refractivity contribution in [2.45, 2.75) is 25.9 Å². The maximum atomic E-state index is 9.90. The molecule has 3 aromatic rings. The topological polar surface area (TPSA) is 68.0 Å². The van der Waals surface area contributed by atoms with Gasteiger partial charge in [-0.2, -0.15) is 0 Å². The van der Waals surface area contributed by atoms with Crippen LogP contribution in [0.2, 0.25) is 0 Å². The predicted molar refractivity (Wildman–Crippen MR) is 101 cm³/mol. The lowest BCUT2D eigenvalue weighted by atomic mass is 10.1. The lowest BCUT2D eigenvalue weighted by Crippen LogP contribution is -2.19. The molecule has 1 atom stereocenters. The molecule has 2 aromatic heterocycles. The van der Waals surface area contributed by atoms with Crippen molar-refractivity contribution in [3.05, 3.63) is 42.1 Å². The van der Waals surface area contributed by atoms with E-state index >= 15 is 0 Å². The number of aromatic nitrogens is 2. The molecular formula is C20H23N3O3. The van der Waals surface area contributed by atoms with E-state index in [9.17, 15) is 5.11 Å². The second-order valence-electron chi connectivity index (χ2n) is 6.57. The lowest BCUT2D eigenvalue weighted by molar-refractivity contribution is 0.120. The van der Waals surface area contributed by atoms with E-state index in [-0.39, 0.29) is 11.9 Å². The quantitative estimate of drug-likeness (QED) is 0.733. The normalized spacial score (nSPS) is 16.9. The molecule has 136 valence electrons. The van der Waals surface area contributed by atoms with Gasteiger partial charge in [-0.05, 0) is 50.1 Å². The molecule has 0 unspecified atom stereocenters. The van der Waals surface area contributed by atoms with Crippen LogP contribution in [0.25, 0.3) is 16.9 Å². The van der Waals surface area contributed by atoms with E-state index < -0.39 is 0 Å². The smallest absolute Gasteiger partial charge is 0.161 e. The monoisotopic (exact) mass is 353 g/mol. The summed E-state index contributed by atoms with van der Waals surface area (Å²) in [7, 11) is 1.54. The van der Waals surface area contributed by atoms with Crippen molar-refractivity contribution in [3.63, 3.8) is 0 Å². The average molecular weight is 353 g/mol. The maximum Gasteiger partial charge on any atom is 0.161 e. The Kier molecular flexibility index (Phi) is 4.42. The molecule has 3 heterocycles. The highest BCUT2D eigenvalue weighted by molar-refractivity contribution is 5.78. The summed E-state index contributed by atoms with van der Waals surface area (Å²) < 4.78 is 13.1. The van der Waals surface area contributed by atoms with Crippen LogP contribution in [0, 0.1) is 6.92 Å². The number of aromatic hydroxyl groups is 1. The van der Waals surface area contributed by atoms with Gasteiger partial charge in [-0.3, -0.25) is 4.40 Å². The zero-order valence-electron chi connectivity index (χ0n) is 15.0. The Labute approximate surface area is 152 Å². The second kappa shape index (κ2) is 6.88. The number of methoxy groups -OCH3 is 1. The summed E-state index contributed by atoms with van der Waals surface area (Å²) in [5.41, 5.74) is 3.69. The minimum absolute atomic E-state index is 0.116. The summed E-state index contributed by atoms with van der Waals surface area (Å²) >= 11 is 0. The van der Waals surface area contributed by atoms with Gasteiger partial charge in [-0.25, -0.2) is 4.98 Å². The van der Waals surface area contributed by atoms with Gasteiger partial charge in [0.2, 0.25) is 0 Å². The SMILES string of the molecule is COc1cc(-c2nc3cccc(C)n3c2NC[C@H]2CCCO2)ccc1O. The molecule has 1 aliphatic heterocycles. The van der Waals surface area contributed by atoms with Crippen molar-refractivity contribution in [2.75, 3.05) is 25.6 Å². The van der Waals surface area contributed by atoms with Gasteiger partial charge >= 0.3 is 0 Å². The molecule has 6 nitrogen and oxygen atoms in total. The van der Waals surface area contributed by atoms with Gasteiger partial charge in [0, 0.05) is 24.4 Å². The third-order valence-corrected chi connectivity index (χ3v) is 4.81. The van der Waals surface area contributed by atoms with Crippen molar-refractivity contribution in [1.29, 1.82) is 0 Å². The van der Waals surface area contributed by atoms with Crippen molar-refractivity contribution < 1.29 is 14.6 Å². The van der Waals surface area contributed by atoms with E-state index in [1.165, 1.54) is 0 Å². The van der Waals surface area contributed by atoms with Gasteiger partial charge in [-0.15, -0.1) is 0 Å². The fourth-order valence-electron chi connectivity index (χ4n) is 3.46. The molecule has 26 heavy (non-hydrogen) atoms. The molecule has 1 aliphatic rings. The fourth-order valence-corrected chi connectivity index (χ4v) is 3.46. The molecule has 0 saturated carbocycles. The predicted octanol–water partition coefficient (Wildman–Crippen LogP) is 3.61. The Morgan fingerprint density at radius 2 is 2.23 bits per heavy atom. The summed E-state index contributed by atoms with van der Waals surface area (Å²) in [6.07, 6.45) is 2.41. The number of rotatable bonds is 5. The van der Waals surface area contributed by atoms with E-state index in [1.807, 2.05) is 24.3 Å². The molecule has 1 saturated heterocycles. The average Bonchev–Trinajstić information content (AvgIpc) is 3.28. The first-order valence-electron chi connectivity index (χ1n) is 8.88. The molecule has 1 aromatic carbocycles. The van der Waals surface area contributed by atoms with Crippen LogP contribution < -0.4 is 10.1 Å². The lowest BCUT2D eigenvalue weighted by Gasteiger charge is -2.14. The molecule has 6 heteroatoms. The van der Waals surface area contributed by atoms with Crippen molar-refractivity contribution in [1.82, 2.24) is 9.38 Å². The fraction of sp³-hybridized carbons (Fsp3) is 0.350. The number of imidazole rings is 1. The first-order valence-corrected chi connectivity index (χ1v) is 8.88. The summed E-state index contributed by atoms with van der Waals surface area (Å²) in [5, 5.41) is 13.4. The Hall–Kier alpha value is -2.73. The number of hydrogen-bond donors (Lipinski definition) is 2. The van der Waals surface area contributed by atoms with Crippen LogP contribution in [-0.4, -0.2) is 40.9 Å². The van der Waals surface area contributed by atoms with E-state index in [1.54, 1.807) is 13.2 Å². The van der Waals surface area contributed by atoms with Crippen LogP contribution in [-0.2, 0) is 4.74 Å². The highest BCUT2D eigenvalue weighted by atomic mass is 16.5. The molecule has 2 N–H and O–H groups in total. The maximum absolute atomic E-state index is 9.90. The third-order valence-electron chi connectivity index (χ3n) is 4.81. The number of pyridine rings is 1. The van der Waals surface area contributed by atoms with Gasteiger partial charge in [0.05, 0.1) is 13.2 Å². The van der Waals surface area contributed by atoms with Gasteiger partial charge in [0.25, 0.3) is 0 Å². The second-order valence-corrected chi connectivity index (χ2v) is 6.57. The molecule has 4 rings (SSSR count). The van der Waals surface area contributed by atoms with Gasteiger partial charge in [0.1, 0.15) is 17.2 Å². The van der Waals surface area contributed by atoms with Crippen LogP contribution in [0.15, 0.2) is 36.4 Å². The van der Waals surface area contributed by atoms with Crippen LogP contribution in [0.5, 0.6) is 11.5 Å². The number of anilines is 1. The van der Waals surface area contributed by atoms with Crippen LogP contribution >= 0.6 is 0 Å². The van der Waals surface area contributed by atoms with Gasteiger partial charge in [-0.1, -0.05) is 6.07 Å². The Morgan fingerprint density at radius 3 is 3.00 bits per heavy atom. The minimum atomic E-state index is 0.116. The number of hydrogen-bond acceptors (Lipinski definition) is 5. The van der Waals surface area contributed by atoms with Crippen LogP contribution in [0.3, 0.4) is 0 Å². The van der Waals surface area contributed by atoms with E-state index in [0.717, 1.165) is 54.4 Å². The zero-order valence-corrected chi connectivity index (χ0v) is 15.0. The van der Waals surface area contributed by atoms with Crippen LogP contribution in [0.4, 0.5) is 5.82 Å². The van der Waals surface area contributed by atoms with E-state index in [0.29, 0.717) is 5.75 Å². The summed E-state index contributed by atoms with van der Waals surface area (Å²) in [4.78, 5) is 4.82. The zero-order chi connectivity index (χ0) is 18.1. The first-order chi connectivity index (χ1) is 12.7. The largest absolute Gasteiger partial charge is 0.504 e. The third kappa shape index (κ3) is 2.97. The Bertz CT molecular complexity index is 929. The number of benzene rings is 1. The molecule has 0 amide bonds. The van der Waals surface area contributed by atoms with Crippen molar-refractivity contribution >= 4 is 11.5 Å². The molecular weight excluding hydrogens is 330 g/mol. The number of nitrogens with zero attached hydrogens (tertiary/aromatic N) is 2. The molecule has 0 bridgehead atoms. The molecule has 0 radical (unpaired) electrons. The first kappa shape index (κ1) is 16.7.